The van der Waals surface area contributed by atoms with Crippen molar-refractivity contribution >= 4 is 27.5 Å². The molecular weight excluding hydrogens is 296 g/mol. The molecule has 0 spiro atoms. The number of para-hydroxylation sites is 1. The molecule has 0 aliphatic heterocycles. The van der Waals surface area contributed by atoms with Gasteiger partial charge in [0.1, 0.15) is 5.52 Å². The summed E-state index contributed by atoms with van der Waals surface area (Å²) in [6.07, 6.45) is 0. The second-order valence-corrected chi connectivity index (χ2v) is 4.94. The molecule has 0 saturated carbocycles. The van der Waals surface area contributed by atoms with Crippen molar-refractivity contribution in [3.05, 3.63) is 24.3 Å². The summed E-state index contributed by atoms with van der Waals surface area (Å²) in [4.78, 5) is 4.68. The SMILES string of the molecule is COc1c(OC)c(OC)c2nc3c(N)cccc3cc2c1OC. The van der Waals surface area contributed by atoms with E-state index in [1.54, 1.807) is 28.4 Å². The maximum atomic E-state index is 6.05. The Balaban J connectivity index is 2.56. The molecule has 120 valence electrons. The molecule has 2 aromatic carbocycles. The lowest BCUT2D eigenvalue weighted by Gasteiger charge is -2.18. The van der Waals surface area contributed by atoms with Crippen LogP contribution < -0.4 is 24.7 Å². The van der Waals surface area contributed by atoms with Crippen LogP contribution >= 0.6 is 0 Å². The van der Waals surface area contributed by atoms with Crippen LogP contribution in [0.5, 0.6) is 23.0 Å². The van der Waals surface area contributed by atoms with Crippen LogP contribution in [-0.4, -0.2) is 33.4 Å². The van der Waals surface area contributed by atoms with Gasteiger partial charge in [0, 0.05) is 5.39 Å². The summed E-state index contributed by atoms with van der Waals surface area (Å²) in [7, 11) is 6.23. The van der Waals surface area contributed by atoms with Gasteiger partial charge in [0.15, 0.2) is 11.5 Å². The zero-order valence-electron chi connectivity index (χ0n) is 13.5. The number of fused-ring (bicyclic) bond motifs is 2. The molecule has 0 fully saturated rings. The van der Waals surface area contributed by atoms with Crippen molar-refractivity contribution in [1.29, 1.82) is 0 Å². The zero-order chi connectivity index (χ0) is 16.6. The molecule has 1 heterocycles. The van der Waals surface area contributed by atoms with E-state index in [4.69, 9.17) is 24.7 Å². The number of anilines is 1. The van der Waals surface area contributed by atoms with Crippen molar-refractivity contribution in [1.82, 2.24) is 4.98 Å². The number of rotatable bonds is 4. The molecule has 6 heteroatoms. The standard InChI is InChI=1S/C17H18N2O4/c1-20-14-10-8-9-6-5-7-11(18)12(9)19-13(10)15(21-2)17(23-4)16(14)22-3/h5-8H,18H2,1-4H3. The lowest BCUT2D eigenvalue weighted by Crippen LogP contribution is -2.01. The lowest BCUT2D eigenvalue weighted by atomic mass is 10.1. The molecule has 0 aliphatic rings. The normalized spacial score (nSPS) is 10.8. The van der Waals surface area contributed by atoms with Gasteiger partial charge in [-0.25, -0.2) is 4.98 Å². The minimum atomic E-state index is 0.431. The summed E-state index contributed by atoms with van der Waals surface area (Å²) < 4.78 is 22.0. The fourth-order valence-corrected chi connectivity index (χ4v) is 2.77. The first kappa shape index (κ1) is 15.0. The predicted octanol–water partition coefficient (Wildman–Crippen LogP) is 3.00. The monoisotopic (exact) mass is 314 g/mol. The Morgan fingerprint density at radius 2 is 1.39 bits per heavy atom. The molecule has 2 N–H and O–H groups in total. The van der Waals surface area contributed by atoms with E-state index in [-0.39, 0.29) is 0 Å². The van der Waals surface area contributed by atoms with Gasteiger partial charge in [0.25, 0.3) is 0 Å². The summed E-state index contributed by atoms with van der Waals surface area (Å²) in [5.74, 6) is 1.91. The first-order valence-corrected chi connectivity index (χ1v) is 7.01. The van der Waals surface area contributed by atoms with Gasteiger partial charge in [0.2, 0.25) is 11.5 Å². The van der Waals surface area contributed by atoms with Crippen LogP contribution in [-0.2, 0) is 0 Å². The number of benzene rings is 2. The van der Waals surface area contributed by atoms with Crippen molar-refractivity contribution in [3.8, 4) is 23.0 Å². The molecule has 1 aromatic heterocycles. The Morgan fingerprint density at radius 3 is 2.00 bits per heavy atom. The zero-order valence-corrected chi connectivity index (χ0v) is 13.5. The van der Waals surface area contributed by atoms with Gasteiger partial charge in [0.05, 0.1) is 45.0 Å². The Labute approximate surface area is 133 Å². The van der Waals surface area contributed by atoms with Crippen LogP contribution in [0.25, 0.3) is 21.8 Å². The van der Waals surface area contributed by atoms with Crippen molar-refractivity contribution in [2.24, 2.45) is 0 Å². The van der Waals surface area contributed by atoms with E-state index in [1.807, 2.05) is 24.3 Å². The molecule has 0 radical (unpaired) electrons. The third kappa shape index (κ3) is 2.14. The van der Waals surface area contributed by atoms with E-state index in [1.165, 1.54) is 0 Å². The van der Waals surface area contributed by atoms with Gasteiger partial charge in [-0.05, 0) is 12.1 Å². The van der Waals surface area contributed by atoms with Crippen LogP contribution in [0.4, 0.5) is 5.69 Å². The number of hydrogen-bond acceptors (Lipinski definition) is 6. The molecule has 6 nitrogen and oxygen atoms in total. The van der Waals surface area contributed by atoms with Gasteiger partial charge in [-0.15, -0.1) is 0 Å². The number of hydrogen-bond donors (Lipinski definition) is 1. The number of pyridine rings is 1. The second kappa shape index (κ2) is 5.72. The topological polar surface area (TPSA) is 75.8 Å². The van der Waals surface area contributed by atoms with Gasteiger partial charge >= 0.3 is 0 Å². The molecule has 0 saturated heterocycles. The molecule has 3 rings (SSSR count). The maximum absolute atomic E-state index is 6.05. The number of aromatic nitrogens is 1. The largest absolute Gasteiger partial charge is 0.492 e. The van der Waals surface area contributed by atoms with Gasteiger partial charge < -0.3 is 24.7 Å². The lowest BCUT2D eigenvalue weighted by molar-refractivity contribution is 0.309. The number of nitrogens with zero attached hydrogens (tertiary/aromatic N) is 1. The van der Waals surface area contributed by atoms with Crippen LogP contribution in [0.2, 0.25) is 0 Å². The van der Waals surface area contributed by atoms with Crippen molar-refractivity contribution in [3.63, 3.8) is 0 Å². The molecule has 0 aliphatic carbocycles. The highest BCUT2D eigenvalue weighted by atomic mass is 16.5. The molecule has 23 heavy (non-hydrogen) atoms. The molecule has 0 amide bonds. The van der Waals surface area contributed by atoms with Crippen molar-refractivity contribution in [2.45, 2.75) is 0 Å². The smallest absolute Gasteiger partial charge is 0.209 e. The summed E-state index contributed by atoms with van der Waals surface area (Å²) in [5.41, 5.74) is 7.95. The highest BCUT2D eigenvalue weighted by Crippen LogP contribution is 2.50. The maximum Gasteiger partial charge on any atom is 0.209 e. The van der Waals surface area contributed by atoms with Crippen molar-refractivity contribution < 1.29 is 18.9 Å². The van der Waals surface area contributed by atoms with Gasteiger partial charge in [-0.2, -0.15) is 0 Å². The Hall–Kier alpha value is -2.89. The third-order valence-electron chi connectivity index (χ3n) is 3.77. The molecular formula is C17H18N2O4. The number of methoxy groups -OCH3 is 4. The Kier molecular flexibility index (Phi) is 3.73. The van der Waals surface area contributed by atoms with E-state index < -0.39 is 0 Å². The Bertz CT molecular complexity index is 893. The van der Waals surface area contributed by atoms with E-state index in [0.29, 0.717) is 39.7 Å². The highest BCUT2D eigenvalue weighted by Gasteiger charge is 2.24. The summed E-state index contributed by atoms with van der Waals surface area (Å²) >= 11 is 0. The fourth-order valence-electron chi connectivity index (χ4n) is 2.77. The van der Waals surface area contributed by atoms with Gasteiger partial charge in [-0.3, -0.25) is 0 Å². The molecule has 0 atom stereocenters. The number of nitrogens with two attached hydrogens (primary N) is 1. The first-order valence-electron chi connectivity index (χ1n) is 7.01. The summed E-state index contributed by atoms with van der Waals surface area (Å²) in [5, 5.41) is 1.67. The van der Waals surface area contributed by atoms with E-state index >= 15 is 0 Å². The molecule has 3 aromatic rings. The average Bonchev–Trinajstić information content (AvgIpc) is 2.58. The third-order valence-corrected chi connectivity index (χ3v) is 3.77. The molecule has 0 unspecified atom stereocenters. The predicted molar refractivity (Wildman–Crippen MR) is 89.9 cm³/mol. The van der Waals surface area contributed by atoms with E-state index in [9.17, 15) is 0 Å². The average molecular weight is 314 g/mol. The van der Waals surface area contributed by atoms with Crippen LogP contribution in [0.15, 0.2) is 24.3 Å². The fraction of sp³-hybridized carbons (Fsp3) is 0.235. The summed E-state index contributed by atoms with van der Waals surface area (Å²) in [6.45, 7) is 0. The minimum Gasteiger partial charge on any atom is -0.492 e. The Morgan fingerprint density at radius 1 is 0.783 bits per heavy atom. The van der Waals surface area contributed by atoms with Crippen LogP contribution in [0.1, 0.15) is 0 Å². The second-order valence-electron chi connectivity index (χ2n) is 4.94. The van der Waals surface area contributed by atoms with Crippen molar-refractivity contribution in [2.75, 3.05) is 34.2 Å². The van der Waals surface area contributed by atoms with E-state index in [0.717, 1.165) is 10.8 Å². The highest BCUT2D eigenvalue weighted by molar-refractivity contribution is 6.04. The quantitative estimate of drug-likeness (QED) is 0.589. The number of ether oxygens (including phenoxy) is 4. The van der Waals surface area contributed by atoms with Gasteiger partial charge in [-0.1, -0.05) is 12.1 Å². The van der Waals surface area contributed by atoms with Crippen LogP contribution in [0, 0.1) is 0 Å². The molecule has 0 bridgehead atoms. The van der Waals surface area contributed by atoms with E-state index in [2.05, 4.69) is 4.98 Å². The first-order chi connectivity index (χ1) is 11.2. The summed E-state index contributed by atoms with van der Waals surface area (Å²) in [6, 6.07) is 7.60. The number of nitrogen functional groups attached to an aromatic ring is 1. The minimum absolute atomic E-state index is 0.431. The van der Waals surface area contributed by atoms with Crippen LogP contribution in [0.3, 0.4) is 0 Å².